The lowest BCUT2D eigenvalue weighted by Gasteiger charge is -2.10. The second-order valence-corrected chi connectivity index (χ2v) is 4.32. The van der Waals surface area contributed by atoms with Gasteiger partial charge in [-0.1, -0.05) is 32.0 Å². The van der Waals surface area contributed by atoms with Gasteiger partial charge in [0.15, 0.2) is 11.4 Å². The molecule has 1 N–H and O–H groups in total. The molecule has 0 unspecified atom stereocenters. The molecule has 0 saturated heterocycles. The molecule has 0 aliphatic rings. The SMILES string of the molecule is CC(C)c1ncc(Oc2ccccc2)c(C(=O)O)n1. The Hall–Kier alpha value is -2.43. The van der Waals surface area contributed by atoms with Crippen LogP contribution in [0.25, 0.3) is 0 Å². The number of rotatable bonds is 4. The van der Waals surface area contributed by atoms with E-state index in [4.69, 9.17) is 4.74 Å². The normalized spacial score (nSPS) is 10.5. The first kappa shape index (κ1) is 13.0. The molecule has 0 fully saturated rings. The fourth-order valence-corrected chi connectivity index (χ4v) is 1.51. The number of aromatic carboxylic acids is 1. The van der Waals surface area contributed by atoms with Crippen molar-refractivity contribution in [1.29, 1.82) is 0 Å². The molecule has 0 amide bonds. The number of nitrogens with zero attached hydrogens (tertiary/aromatic N) is 2. The molecule has 1 aromatic heterocycles. The summed E-state index contributed by atoms with van der Waals surface area (Å²) in [4.78, 5) is 19.4. The lowest BCUT2D eigenvalue weighted by Crippen LogP contribution is -2.08. The van der Waals surface area contributed by atoms with Crippen LogP contribution in [0.5, 0.6) is 11.5 Å². The number of carboxylic acids is 1. The first-order valence-corrected chi connectivity index (χ1v) is 5.91. The molecule has 0 atom stereocenters. The van der Waals surface area contributed by atoms with Crippen molar-refractivity contribution < 1.29 is 14.6 Å². The van der Waals surface area contributed by atoms with Crippen LogP contribution in [0.4, 0.5) is 0 Å². The van der Waals surface area contributed by atoms with Gasteiger partial charge in [-0.05, 0) is 12.1 Å². The summed E-state index contributed by atoms with van der Waals surface area (Å²) in [6.45, 7) is 3.80. The maximum absolute atomic E-state index is 11.2. The molecule has 1 heterocycles. The molecular formula is C14H14N2O3. The predicted molar refractivity (Wildman–Crippen MR) is 69.6 cm³/mol. The zero-order valence-corrected chi connectivity index (χ0v) is 10.7. The van der Waals surface area contributed by atoms with Crippen LogP contribution < -0.4 is 4.74 Å². The standard InChI is InChI=1S/C14H14N2O3/c1-9(2)13-15-8-11(12(16-13)14(17)18)19-10-6-4-3-5-7-10/h3-9H,1-2H3,(H,17,18). The van der Waals surface area contributed by atoms with Crippen molar-refractivity contribution >= 4 is 5.97 Å². The van der Waals surface area contributed by atoms with Crippen molar-refractivity contribution in [1.82, 2.24) is 9.97 Å². The molecule has 0 radical (unpaired) electrons. The van der Waals surface area contributed by atoms with Gasteiger partial charge in [0.2, 0.25) is 0 Å². The van der Waals surface area contributed by atoms with E-state index in [1.54, 1.807) is 24.3 Å². The van der Waals surface area contributed by atoms with E-state index in [9.17, 15) is 9.90 Å². The van der Waals surface area contributed by atoms with E-state index in [2.05, 4.69) is 9.97 Å². The summed E-state index contributed by atoms with van der Waals surface area (Å²) < 4.78 is 5.50. The molecule has 2 rings (SSSR count). The molecule has 1 aromatic carbocycles. The average Bonchev–Trinajstić information content (AvgIpc) is 2.39. The first-order valence-electron chi connectivity index (χ1n) is 5.91. The third-order valence-electron chi connectivity index (χ3n) is 2.46. The van der Waals surface area contributed by atoms with Crippen molar-refractivity contribution in [2.45, 2.75) is 19.8 Å². The van der Waals surface area contributed by atoms with Gasteiger partial charge in [-0.25, -0.2) is 14.8 Å². The molecule has 19 heavy (non-hydrogen) atoms. The fourth-order valence-electron chi connectivity index (χ4n) is 1.51. The Balaban J connectivity index is 2.37. The van der Waals surface area contributed by atoms with Crippen molar-refractivity contribution in [2.75, 3.05) is 0 Å². The topological polar surface area (TPSA) is 72.3 Å². The van der Waals surface area contributed by atoms with Crippen molar-refractivity contribution in [3.05, 3.63) is 48.0 Å². The number of aromatic nitrogens is 2. The molecule has 0 aliphatic carbocycles. The van der Waals surface area contributed by atoms with Gasteiger partial charge in [-0.15, -0.1) is 0 Å². The molecule has 2 aromatic rings. The largest absolute Gasteiger partial charge is 0.476 e. The maximum Gasteiger partial charge on any atom is 0.358 e. The highest BCUT2D eigenvalue weighted by Gasteiger charge is 2.17. The Morgan fingerprint density at radius 1 is 1.26 bits per heavy atom. The van der Waals surface area contributed by atoms with Crippen LogP contribution in [0.3, 0.4) is 0 Å². The van der Waals surface area contributed by atoms with Crippen LogP contribution in [-0.2, 0) is 0 Å². The van der Waals surface area contributed by atoms with Gasteiger partial charge in [0, 0.05) is 5.92 Å². The number of para-hydroxylation sites is 1. The number of hydrogen-bond acceptors (Lipinski definition) is 4. The number of carbonyl (C=O) groups is 1. The Bertz CT molecular complexity index is 582. The Kier molecular flexibility index (Phi) is 3.75. The van der Waals surface area contributed by atoms with Crippen molar-refractivity contribution in [3.63, 3.8) is 0 Å². The first-order chi connectivity index (χ1) is 9.08. The molecule has 0 spiro atoms. The lowest BCUT2D eigenvalue weighted by atomic mass is 10.2. The predicted octanol–water partition coefficient (Wildman–Crippen LogP) is 3.09. The van der Waals surface area contributed by atoms with E-state index in [-0.39, 0.29) is 17.4 Å². The highest BCUT2D eigenvalue weighted by atomic mass is 16.5. The fraction of sp³-hybridized carbons (Fsp3) is 0.214. The average molecular weight is 258 g/mol. The summed E-state index contributed by atoms with van der Waals surface area (Å²) in [6, 6.07) is 8.94. The zero-order chi connectivity index (χ0) is 13.8. The second-order valence-electron chi connectivity index (χ2n) is 4.32. The van der Waals surface area contributed by atoms with Gasteiger partial charge in [0.25, 0.3) is 0 Å². The summed E-state index contributed by atoms with van der Waals surface area (Å²) in [5.41, 5.74) is -0.123. The quantitative estimate of drug-likeness (QED) is 0.912. The molecule has 5 nitrogen and oxygen atoms in total. The number of hydrogen-bond donors (Lipinski definition) is 1. The van der Waals surface area contributed by atoms with Crippen LogP contribution in [0.2, 0.25) is 0 Å². The van der Waals surface area contributed by atoms with E-state index in [0.717, 1.165) is 0 Å². The maximum atomic E-state index is 11.2. The summed E-state index contributed by atoms with van der Waals surface area (Å²) >= 11 is 0. The minimum Gasteiger partial charge on any atom is -0.476 e. The van der Waals surface area contributed by atoms with Gasteiger partial charge >= 0.3 is 5.97 Å². The van der Waals surface area contributed by atoms with Gasteiger partial charge in [-0.2, -0.15) is 0 Å². The van der Waals surface area contributed by atoms with Crippen molar-refractivity contribution in [3.8, 4) is 11.5 Å². The number of benzene rings is 1. The van der Waals surface area contributed by atoms with E-state index >= 15 is 0 Å². The van der Waals surface area contributed by atoms with Crippen LogP contribution >= 0.6 is 0 Å². The second kappa shape index (κ2) is 5.48. The summed E-state index contributed by atoms with van der Waals surface area (Å²) in [6.07, 6.45) is 1.40. The van der Waals surface area contributed by atoms with E-state index in [0.29, 0.717) is 11.6 Å². The smallest absolute Gasteiger partial charge is 0.358 e. The third-order valence-corrected chi connectivity index (χ3v) is 2.46. The highest BCUT2D eigenvalue weighted by molar-refractivity contribution is 5.88. The van der Waals surface area contributed by atoms with Crippen LogP contribution in [-0.4, -0.2) is 21.0 Å². The summed E-state index contributed by atoms with van der Waals surface area (Å²) in [5, 5.41) is 9.18. The van der Waals surface area contributed by atoms with Gasteiger partial charge < -0.3 is 9.84 Å². The van der Waals surface area contributed by atoms with E-state index in [1.807, 2.05) is 19.9 Å². The molecule has 5 heteroatoms. The third kappa shape index (κ3) is 3.07. The lowest BCUT2D eigenvalue weighted by molar-refractivity contribution is 0.0686. The summed E-state index contributed by atoms with van der Waals surface area (Å²) in [5.74, 6) is 0.103. The minimum atomic E-state index is -1.13. The van der Waals surface area contributed by atoms with E-state index in [1.165, 1.54) is 6.20 Å². The molecule has 98 valence electrons. The zero-order valence-electron chi connectivity index (χ0n) is 10.7. The minimum absolute atomic E-state index is 0.0591. The molecule has 0 aliphatic heterocycles. The Morgan fingerprint density at radius 3 is 2.53 bits per heavy atom. The van der Waals surface area contributed by atoms with Gasteiger partial charge in [0.1, 0.15) is 11.6 Å². The molecule has 0 saturated carbocycles. The van der Waals surface area contributed by atoms with Crippen LogP contribution in [0.1, 0.15) is 36.1 Å². The number of ether oxygens (including phenoxy) is 1. The highest BCUT2D eigenvalue weighted by Crippen LogP contribution is 2.24. The molecule has 0 bridgehead atoms. The van der Waals surface area contributed by atoms with Gasteiger partial charge in [0.05, 0.1) is 6.20 Å². The van der Waals surface area contributed by atoms with Crippen LogP contribution in [0, 0.1) is 0 Å². The van der Waals surface area contributed by atoms with Gasteiger partial charge in [-0.3, -0.25) is 0 Å². The number of carboxylic acid groups (broad SMARTS) is 1. The van der Waals surface area contributed by atoms with E-state index < -0.39 is 5.97 Å². The van der Waals surface area contributed by atoms with Crippen LogP contribution in [0.15, 0.2) is 36.5 Å². The Labute approximate surface area is 110 Å². The molecular weight excluding hydrogens is 244 g/mol. The monoisotopic (exact) mass is 258 g/mol. The Morgan fingerprint density at radius 2 is 1.95 bits per heavy atom. The summed E-state index contributed by atoms with van der Waals surface area (Å²) in [7, 11) is 0. The van der Waals surface area contributed by atoms with Crippen molar-refractivity contribution in [2.24, 2.45) is 0 Å².